The number of nitrogen functional groups attached to an aromatic ring is 1. The van der Waals surface area contributed by atoms with Crippen molar-refractivity contribution >= 4 is 11.4 Å². The van der Waals surface area contributed by atoms with E-state index >= 15 is 0 Å². The molecule has 0 aliphatic carbocycles. The highest BCUT2D eigenvalue weighted by Crippen LogP contribution is 2.30. The fourth-order valence-electron chi connectivity index (χ4n) is 2.35. The Bertz CT molecular complexity index is 972. The van der Waals surface area contributed by atoms with Crippen molar-refractivity contribution in [1.29, 1.82) is 0 Å². The van der Waals surface area contributed by atoms with E-state index < -0.39 is 11.7 Å². The molecule has 0 amide bonds. The van der Waals surface area contributed by atoms with Crippen molar-refractivity contribution in [3.63, 3.8) is 0 Å². The van der Waals surface area contributed by atoms with E-state index in [4.69, 9.17) is 15.0 Å². The Kier molecular flexibility index (Phi) is 15.7. The van der Waals surface area contributed by atoms with E-state index in [1.165, 1.54) is 18.6 Å². The normalized spacial score (nSPS) is 10.2. The summed E-state index contributed by atoms with van der Waals surface area (Å²) < 4.78 is 48.2. The number of nitrogens with two attached hydrogens (primary N) is 1. The summed E-state index contributed by atoms with van der Waals surface area (Å²) in [6, 6.07) is 9.69. The van der Waals surface area contributed by atoms with Crippen LogP contribution in [-0.4, -0.2) is 16.7 Å². The number of nitrogens with zero attached hydrogens (tertiary/aromatic N) is 2. The molecule has 6 nitrogen and oxygen atoms in total. The number of rotatable bonds is 7. The summed E-state index contributed by atoms with van der Waals surface area (Å²) in [6.07, 6.45) is -3.08. The SMILES string of the molecule is CC.CC.CCC(C)C.CCNc1cc(-c2noc(COc3ccc(C(F)(F)F)cc3)n2)ccc1N. The second kappa shape index (κ2) is 17.2. The quantitative estimate of drug-likeness (QED) is 0.310. The molecule has 3 aromatic rings. The number of halogens is 3. The molecular weight excluding hydrogens is 469 g/mol. The average Bonchev–Trinajstić information content (AvgIpc) is 3.36. The molecule has 2 aromatic carbocycles. The van der Waals surface area contributed by atoms with Crippen molar-refractivity contribution in [2.24, 2.45) is 5.92 Å². The molecule has 0 atom stereocenters. The van der Waals surface area contributed by atoms with Crippen molar-refractivity contribution in [2.75, 3.05) is 17.6 Å². The highest BCUT2D eigenvalue weighted by Gasteiger charge is 2.30. The van der Waals surface area contributed by atoms with Crippen LogP contribution in [0.25, 0.3) is 11.4 Å². The van der Waals surface area contributed by atoms with Gasteiger partial charge in [0.1, 0.15) is 5.75 Å². The summed E-state index contributed by atoms with van der Waals surface area (Å²) in [5, 5.41) is 7.03. The Hall–Kier alpha value is -3.23. The fraction of sp³-hybridized carbons (Fsp3) is 0.481. The molecule has 0 saturated heterocycles. The van der Waals surface area contributed by atoms with E-state index in [1.54, 1.807) is 12.1 Å². The number of ether oxygens (including phenoxy) is 1. The van der Waals surface area contributed by atoms with Crippen LogP contribution in [0.3, 0.4) is 0 Å². The minimum Gasteiger partial charge on any atom is -0.484 e. The van der Waals surface area contributed by atoms with Crippen molar-refractivity contribution in [3.05, 3.63) is 53.9 Å². The molecule has 0 saturated carbocycles. The van der Waals surface area contributed by atoms with Crippen LogP contribution in [0.15, 0.2) is 47.0 Å². The first-order chi connectivity index (χ1) is 17.1. The van der Waals surface area contributed by atoms with Crippen molar-refractivity contribution in [3.8, 4) is 17.1 Å². The van der Waals surface area contributed by atoms with Crippen LogP contribution in [0.2, 0.25) is 0 Å². The second-order valence-corrected chi connectivity index (χ2v) is 7.46. The van der Waals surface area contributed by atoms with Gasteiger partial charge in [-0.2, -0.15) is 18.2 Å². The Morgan fingerprint density at radius 1 is 1.00 bits per heavy atom. The summed E-state index contributed by atoms with van der Waals surface area (Å²) >= 11 is 0. The molecule has 202 valence electrons. The zero-order chi connectivity index (χ0) is 27.7. The van der Waals surface area contributed by atoms with Crippen LogP contribution in [0, 0.1) is 5.92 Å². The van der Waals surface area contributed by atoms with E-state index in [0.29, 0.717) is 23.6 Å². The Labute approximate surface area is 213 Å². The highest BCUT2D eigenvalue weighted by molar-refractivity contribution is 5.73. The first kappa shape index (κ1) is 32.8. The zero-order valence-electron chi connectivity index (χ0n) is 22.7. The number of benzene rings is 2. The molecular formula is C27H41F3N4O2. The third-order valence-corrected chi connectivity index (χ3v) is 4.51. The summed E-state index contributed by atoms with van der Waals surface area (Å²) in [7, 11) is 0. The predicted octanol–water partition coefficient (Wildman–Crippen LogP) is 8.45. The highest BCUT2D eigenvalue weighted by atomic mass is 19.4. The van der Waals surface area contributed by atoms with Gasteiger partial charge in [-0.25, -0.2) is 0 Å². The molecule has 9 heteroatoms. The summed E-state index contributed by atoms with van der Waals surface area (Å²) in [5.74, 6) is 1.71. The number of alkyl halides is 3. The summed E-state index contributed by atoms with van der Waals surface area (Å²) in [6.45, 7) is 17.3. The van der Waals surface area contributed by atoms with Crippen molar-refractivity contribution in [1.82, 2.24) is 10.1 Å². The predicted molar refractivity (Wildman–Crippen MR) is 142 cm³/mol. The number of hydrogen-bond acceptors (Lipinski definition) is 6. The third kappa shape index (κ3) is 11.5. The Balaban J connectivity index is 0.00000119. The Morgan fingerprint density at radius 2 is 1.58 bits per heavy atom. The van der Waals surface area contributed by atoms with Gasteiger partial charge in [0.25, 0.3) is 5.89 Å². The average molecular weight is 511 g/mol. The molecule has 36 heavy (non-hydrogen) atoms. The van der Waals surface area contributed by atoms with Gasteiger partial charge in [0.15, 0.2) is 6.61 Å². The fourth-order valence-corrected chi connectivity index (χ4v) is 2.35. The molecule has 1 heterocycles. The molecule has 0 aliphatic rings. The molecule has 0 radical (unpaired) electrons. The first-order valence-corrected chi connectivity index (χ1v) is 12.4. The second-order valence-electron chi connectivity index (χ2n) is 7.46. The van der Waals surface area contributed by atoms with E-state index in [1.807, 2.05) is 40.7 Å². The van der Waals surface area contributed by atoms with Crippen LogP contribution in [0.4, 0.5) is 24.5 Å². The lowest BCUT2D eigenvalue weighted by molar-refractivity contribution is -0.137. The number of hydrogen-bond donors (Lipinski definition) is 2. The first-order valence-electron chi connectivity index (χ1n) is 12.4. The van der Waals surface area contributed by atoms with Gasteiger partial charge in [0.2, 0.25) is 5.82 Å². The molecule has 1 aromatic heterocycles. The molecule has 0 unspecified atom stereocenters. The van der Waals surface area contributed by atoms with Crippen LogP contribution < -0.4 is 15.8 Å². The van der Waals surface area contributed by atoms with Gasteiger partial charge in [-0.05, 0) is 55.3 Å². The zero-order valence-corrected chi connectivity index (χ0v) is 22.7. The van der Waals surface area contributed by atoms with E-state index in [0.717, 1.165) is 23.7 Å². The molecule has 0 bridgehead atoms. The standard InChI is InChI=1S/C18H17F3N4O2.C5H12.2C2H6/c1-2-23-15-9-11(3-8-14(15)22)17-24-16(27-25-17)10-26-13-6-4-12(5-7-13)18(19,20)21;1-4-5(2)3;2*1-2/h3-9,23H,2,10,22H2,1H3;5H,4H2,1-3H3;2*1-2H3. The van der Waals surface area contributed by atoms with E-state index in [2.05, 4.69) is 36.2 Å². The van der Waals surface area contributed by atoms with Crippen LogP contribution >= 0.6 is 0 Å². The number of anilines is 2. The minimum atomic E-state index is -4.38. The summed E-state index contributed by atoms with van der Waals surface area (Å²) in [5.41, 5.74) is 7.24. The van der Waals surface area contributed by atoms with Gasteiger partial charge in [0, 0.05) is 12.1 Å². The maximum atomic E-state index is 12.5. The molecule has 0 aliphatic heterocycles. The molecule has 3 rings (SSSR count). The van der Waals surface area contributed by atoms with Crippen molar-refractivity contribution < 1.29 is 22.4 Å². The minimum absolute atomic E-state index is 0.0621. The van der Waals surface area contributed by atoms with Gasteiger partial charge in [-0.15, -0.1) is 0 Å². The molecule has 0 fully saturated rings. The van der Waals surface area contributed by atoms with Crippen LogP contribution in [0.1, 0.15) is 73.3 Å². The number of nitrogens with one attached hydrogen (secondary N) is 1. The Morgan fingerprint density at radius 3 is 2.08 bits per heavy atom. The lowest BCUT2D eigenvalue weighted by Gasteiger charge is -2.08. The molecule has 3 N–H and O–H groups in total. The van der Waals surface area contributed by atoms with Gasteiger partial charge in [-0.3, -0.25) is 0 Å². The lowest BCUT2D eigenvalue weighted by Crippen LogP contribution is -2.04. The third-order valence-electron chi connectivity index (χ3n) is 4.51. The van der Waals surface area contributed by atoms with Crippen LogP contribution in [-0.2, 0) is 12.8 Å². The van der Waals surface area contributed by atoms with Gasteiger partial charge in [-0.1, -0.05) is 60.0 Å². The smallest absolute Gasteiger partial charge is 0.416 e. The topological polar surface area (TPSA) is 86.2 Å². The van der Waals surface area contributed by atoms with Crippen molar-refractivity contribution in [2.45, 2.75) is 74.6 Å². The molecule has 0 spiro atoms. The number of aromatic nitrogens is 2. The van der Waals surface area contributed by atoms with E-state index in [-0.39, 0.29) is 18.2 Å². The monoisotopic (exact) mass is 510 g/mol. The lowest BCUT2D eigenvalue weighted by atomic mass is 10.1. The van der Waals surface area contributed by atoms with Gasteiger partial charge >= 0.3 is 6.18 Å². The van der Waals surface area contributed by atoms with Crippen LogP contribution in [0.5, 0.6) is 5.75 Å². The summed E-state index contributed by atoms with van der Waals surface area (Å²) in [4.78, 5) is 4.23. The maximum absolute atomic E-state index is 12.5. The largest absolute Gasteiger partial charge is 0.484 e. The maximum Gasteiger partial charge on any atom is 0.416 e. The van der Waals surface area contributed by atoms with Gasteiger partial charge in [0.05, 0.1) is 16.9 Å². The van der Waals surface area contributed by atoms with E-state index in [9.17, 15) is 13.2 Å². The van der Waals surface area contributed by atoms with Gasteiger partial charge < -0.3 is 20.3 Å².